The SMILES string of the molecule is CC(C)(C)c1ccc(-c2ccccc2)c(N(c2ccccc2-c2cccc3cccc(-c4ccccc4)c23)c2cccc3ccccc23)c1. The first-order valence-electron chi connectivity index (χ1n) is 17.1. The monoisotopic (exact) mass is 629 g/mol. The molecule has 0 aliphatic heterocycles. The van der Waals surface area contributed by atoms with Gasteiger partial charge in [0.25, 0.3) is 0 Å². The van der Waals surface area contributed by atoms with Crippen molar-refractivity contribution in [3.63, 3.8) is 0 Å². The Morgan fingerprint density at radius 2 is 0.898 bits per heavy atom. The Kier molecular flexibility index (Phi) is 7.82. The van der Waals surface area contributed by atoms with Gasteiger partial charge in [-0.05, 0) is 67.6 Å². The number of benzene rings is 8. The van der Waals surface area contributed by atoms with Crippen molar-refractivity contribution in [2.75, 3.05) is 4.90 Å². The highest BCUT2D eigenvalue weighted by Crippen LogP contribution is 2.49. The molecule has 0 amide bonds. The van der Waals surface area contributed by atoms with Crippen LogP contribution in [0.4, 0.5) is 17.1 Å². The number of hydrogen-bond acceptors (Lipinski definition) is 1. The second-order valence-electron chi connectivity index (χ2n) is 13.8. The Bertz CT molecular complexity index is 2410. The Morgan fingerprint density at radius 1 is 0.367 bits per heavy atom. The summed E-state index contributed by atoms with van der Waals surface area (Å²) in [6, 6.07) is 66.3. The topological polar surface area (TPSA) is 3.24 Å². The normalized spacial score (nSPS) is 11.6. The fourth-order valence-electron chi connectivity index (χ4n) is 7.16. The predicted molar refractivity (Wildman–Crippen MR) is 211 cm³/mol. The molecule has 0 aliphatic rings. The quantitative estimate of drug-likeness (QED) is 0.177. The van der Waals surface area contributed by atoms with Crippen LogP contribution >= 0.6 is 0 Å². The lowest BCUT2D eigenvalue weighted by Gasteiger charge is -2.32. The summed E-state index contributed by atoms with van der Waals surface area (Å²) in [5.74, 6) is 0. The summed E-state index contributed by atoms with van der Waals surface area (Å²) in [6.07, 6.45) is 0. The van der Waals surface area contributed by atoms with Gasteiger partial charge in [0, 0.05) is 16.5 Å². The van der Waals surface area contributed by atoms with Crippen molar-refractivity contribution in [1.29, 1.82) is 0 Å². The number of rotatable bonds is 6. The van der Waals surface area contributed by atoms with Gasteiger partial charge in [0.15, 0.2) is 0 Å². The number of fused-ring (bicyclic) bond motifs is 2. The van der Waals surface area contributed by atoms with Crippen LogP contribution in [-0.2, 0) is 5.41 Å². The number of hydrogen-bond donors (Lipinski definition) is 0. The van der Waals surface area contributed by atoms with Gasteiger partial charge in [-0.2, -0.15) is 0 Å². The third kappa shape index (κ3) is 5.68. The molecule has 0 aromatic heterocycles. The summed E-state index contributed by atoms with van der Waals surface area (Å²) >= 11 is 0. The molecule has 0 fully saturated rings. The highest BCUT2D eigenvalue weighted by Gasteiger charge is 2.25. The molecule has 0 spiro atoms. The fraction of sp³-hybridized carbons (Fsp3) is 0.0833. The van der Waals surface area contributed by atoms with E-state index >= 15 is 0 Å². The molecule has 0 aliphatic carbocycles. The predicted octanol–water partition coefficient (Wildman–Crippen LogP) is 13.8. The van der Waals surface area contributed by atoms with E-state index in [1.165, 1.54) is 60.5 Å². The maximum atomic E-state index is 2.51. The van der Waals surface area contributed by atoms with E-state index in [1.54, 1.807) is 0 Å². The van der Waals surface area contributed by atoms with Crippen molar-refractivity contribution in [3.05, 3.63) is 188 Å². The Morgan fingerprint density at radius 3 is 1.63 bits per heavy atom. The standard InChI is InChI=1S/C48H39N/c1-48(2,3)38-31-32-40(34-17-6-4-7-18-34)46(33-38)49(44-30-16-22-35-21-10-11-25-39(35)44)45-29-13-12-26-42(45)43-28-15-24-37-23-14-27-41(47(37)43)36-19-8-5-9-20-36/h4-33H,1-3H3. The first-order valence-corrected chi connectivity index (χ1v) is 17.1. The van der Waals surface area contributed by atoms with Crippen molar-refractivity contribution >= 4 is 38.6 Å². The van der Waals surface area contributed by atoms with E-state index in [-0.39, 0.29) is 5.41 Å². The van der Waals surface area contributed by atoms with Crippen LogP contribution in [0.3, 0.4) is 0 Å². The highest BCUT2D eigenvalue weighted by molar-refractivity contribution is 6.10. The van der Waals surface area contributed by atoms with E-state index in [4.69, 9.17) is 0 Å². The van der Waals surface area contributed by atoms with Gasteiger partial charge in [0.1, 0.15) is 0 Å². The minimum absolute atomic E-state index is 0.0336. The maximum absolute atomic E-state index is 2.51. The summed E-state index contributed by atoms with van der Waals surface area (Å²) in [5.41, 5.74) is 11.9. The summed E-state index contributed by atoms with van der Waals surface area (Å²) in [7, 11) is 0. The van der Waals surface area contributed by atoms with Crippen LogP contribution in [-0.4, -0.2) is 0 Å². The number of para-hydroxylation sites is 1. The van der Waals surface area contributed by atoms with Gasteiger partial charge in [0.05, 0.1) is 17.1 Å². The highest BCUT2D eigenvalue weighted by atomic mass is 15.1. The molecular weight excluding hydrogens is 591 g/mol. The molecule has 0 saturated heterocycles. The zero-order valence-electron chi connectivity index (χ0n) is 28.3. The lowest BCUT2D eigenvalue weighted by atomic mass is 9.85. The van der Waals surface area contributed by atoms with Crippen LogP contribution in [0.1, 0.15) is 26.3 Å². The molecule has 49 heavy (non-hydrogen) atoms. The van der Waals surface area contributed by atoms with E-state index in [0.717, 1.165) is 17.1 Å². The van der Waals surface area contributed by atoms with Crippen LogP contribution in [0.25, 0.3) is 54.9 Å². The summed E-state index contributed by atoms with van der Waals surface area (Å²) < 4.78 is 0. The van der Waals surface area contributed by atoms with E-state index in [1.807, 2.05) is 0 Å². The third-order valence-corrected chi connectivity index (χ3v) is 9.62. The molecule has 236 valence electrons. The smallest absolute Gasteiger partial charge is 0.0543 e. The molecule has 8 aromatic carbocycles. The number of nitrogens with zero attached hydrogens (tertiary/aromatic N) is 1. The van der Waals surface area contributed by atoms with Crippen LogP contribution in [0.15, 0.2) is 182 Å². The zero-order chi connectivity index (χ0) is 33.4. The third-order valence-electron chi connectivity index (χ3n) is 9.62. The van der Waals surface area contributed by atoms with Gasteiger partial charge in [-0.1, -0.05) is 185 Å². The van der Waals surface area contributed by atoms with Crippen molar-refractivity contribution < 1.29 is 0 Å². The molecular formula is C48H39N. The second kappa shape index (κ2) is 12.6. The first kappa shape index (κ1) is 30.4. The van der Waals surface area contributed by atoms with Gasteiger partial charge in [-0.15, -0.1) is 0 Å². The Hall–Kier alpha value is -5.92. The molecule has 1 heteroatoms. The van der Waals surface area contributed by atoms with E-state index in [9.17, 15) is 0 Å². The fourth-order valence-corrected chi connectivity index (χ4v) is 7.16. The molecule has 8 rings (SSSR count). The van der Waals surface area contributed by atoms with Crippen molar-refractivity contribution in [2.24, 2.45) is 0 Å². The van der Waals surface area contributed by atoms with Crippen molar-refractivity contribution in [3.8, 4) is 33.4 Å². The molecule has 0 atom stereocenters. The minimum atomic E-state index is -0.0336. The maximum Gasteiger partial charge on any atom is 0.0543 e. The van der Waals surface area contributed by atoms with Gasteiger partial charge in [0.2, 0.25) is 0 Å². The molecule has 0 N–H and O–H groups in total. The molecule has 0 heterocycles. The molecule has 0 unspecified atom stereocenters. The summed E-state index contributed by atoms with van der Waals surface area (Å²) in [6.45, 7) is 6.89. The second-order valence-corrected chi connectivity index (χ2v) is 13.8. The molecule has 1 nitrogen and oxygen atoms in total. The van der Waals surface area contributed by atoms with Crippen molar-refractivity contribution in [1.82, 2.24) is 0 Å². The molecule has 8 aromatic rings. The Balaban J connectivity index is 1.48. The first-order chi connectivity index (χ1) is 24.0. The number of anilines is 3. The van der Waals surface area contributed by atoms with Gasteiger partial charge in [-0.25, -0.2) is 0 Å². The lowest BCUT2D eigenvalue weighted by molar-refractivity contribution is 0.590. The summed E-state index contributed by atoms with van der Waals surface area (Å²) in [4.78, 5) is 2.51. The van der Waals surface area contributed by atoms with Gasteiger partial charge >= 0.3 is 0 Å². The van der Waals surface area contributed by atoms with Crippen LogP contribution in [0.2, 0.25) is 0 Å². The zero-order valence-corrected chi connectivity index (χ0v) is 28.3. The van der Waals surface area contributed by atoms with E-state index < -0.39 is 0 Å². The summed E-state index contributed by atoms with van der Waals surface area (Å²) in [5, 5.41) is 4.91. The lowest BCUT2D eigenvalue weighted by Crippen LogP contribution is -2.16. The Labute approximate surface area is 289 Å². The van der Waals surface area contributed by atoms with Gasteiger partial charge in [-0.3, -0.25) is 0 Å². The van der Waals surface area contributed by atoms with E-state index in [2.05, 4.69) is 208 Å². The molecule has 0 bridgehead atoms. The van der Waals surface area contributed by atoms with Crippen LogP contribution < -0.4 is 4.90 Å². The largest absolute Gasteiger partial charge is 0.309 e. The average Bonchev–Trinajstić information content (AvgIpc) is 3.15. The van der Waals surface area contributed by atoms with Crippen LogP contribution in [0, 0.1) is 0 Å². The average molecular weight is 630 g/mol. The van der Waals surface area contributed by atoms with Crippen molar-refractivity contribution in [2.45, 2.75) is 26.2 Å². The van der Waals surface area contributed by atoms with Gasteiger partial charge < -0.3 is 4.90 Å². The van der Waals surface area contributed by atoms with Crippen LogP contribution in [0.5, 0.6) is 0 Å². The molecule has 0 saturated carbocycles. The molecule has 0 radical (unpaired) electrons. The minimum Gasteiger partial charge on any atom is -0.309 e. The van der Waals surface area contributed by atoms with E-state index in [0.29, 0.717) is 0 Å².